The summed E-state index contributed by atoms with van der Waals surface area (Å²) in [6.07, 6.45) is 4.97. The fourth-order valence-electron chi connectivity index (χ4n) is 3.30. The average molecular weight is 344 g/mol. The average Bonchev–Trinajstić information content (AvgIpc) is 2.84. The first kappa shape index (κ1) is 17.6. The molecule has 134 valence electrons. The fourth-order valence-corrected chi connectivity index (χ4v) is 3.30. The molecule has 0 aliphatic carbocycles. The molecule has 0 bridgehead atoms. The van der Waals surface area contributed by atoms with Crippen LogP contribution in [0.1, 0.15) is 23.1 Å². The maximum Gasteiger partial charge on any atom is 0.227 e. The lowest BCUT2D eigenvalue weighted by Crippen LogP contribution is -2.36. The van der Waals surface area contributed by atoms with E-state index < -0.39 is 0 Å². The van der Waals surface area contributed by atoms with Crippen LogP contribution in [-0.2, 0) is 24.8 Å². The number of amides is 1. The van der Waals surface area contributed by atoms with Crippen molar-refractivity contribution in [1.82, 2.24) is 19.6 Å². The maximum absolute atomic E-state index is 13.9. The third kappa shape index (κ3) is 4.66. The summed E-state index contributed by atoms with van der Waals surface area (Å²) in [5.74, 6) is -0.292. The van der Waals surface area contributed by atoms with Crippen LogP contribution >= 0.6 is 0 Å². The highest BCUT2D eigenvalue weighted by atomic mass is 19.1. The Morgan fingerprint density at radius 2 is 2.08 bits per heavy atom. The van der Waals surface area contributed by atoms with E-state index in [1.807, 2.05) is 31.3 Å². The number of aromatic nitrogens is 2. The summed E-state index contributed by atoms with van der Waals surface area (Å²) in [7, 11) is 1.91. The summed E-state index contributed by atoms with van der Waals surface area (Å²) in [6, 6.07) is 4.93. The molecule has 0 radical (unpaired) electrons. The Hall–Kier alpha value is -2.21. The maximum atomic E-state index is 13.9. The standard InChI is InChI=1S/C19H25FN4O/c1-15-4-5-18(20)17(10-15)11-19(25)24-7-3-6-23(8-9-24)14-16-12-21-22(2)13-16/h4-5,10,12-13H,3,6-9,11,14H2,1-2H3. The molecule has 1 amide bonds. The largest absolute Gasteiger partial charge is 0.341 e. The summed E-state index contributed by atoms with van der Waals surface area (Å²) >= 11 is 0. The van der Waals surface area contributed by atoms with Crippen molar-refractivity contribution in [2.45, 2.75) is 26.3 Å². The molecule has 25 heavy (non-hydrogen) atoms. The van der Waals surface area contributed by atoms with E-state index in [9.17, 15) is 9.18 Å². The van der Waals surface area contributed by atoms with Crippen molar-refractivity contribution in [3.63, 3.8) is 0 Å². The van der Waals surface area contributed by atoms with Crippen LogP contribution in [0.25, 0.3) is 0 Å². The van der Waals surface area contributed by atoms with Gasteiger partial charge in [0.2, 0.25) is 5.91 Å². The van der Waals surface area contributed by atoms with Gasteiger partial charge >= 0.3 is 0 Å². The zero-order valence-corrected chi connectivity index (χ0v) is 14.9. The van der Waals surface area contributed by atoms with Crippen molar-refractivity contribution < 1.29 is 9.18 Å². The summed E-state index contributed by atoms with van der Waals surface area (Å²) in [5, 5.41) is 4.20. The molecule has 1 aliphatic heterocycles. The number of nitrogens with zero attached hydrogens (tertiary/aromatic N) is 4. The molecule has 1 fully saturated rings. The topological polar surface area (TPSA) is 41.4 Å². The van der Waals surface area contributed by atoms with Crippen molar-refractivity contribution in [2.75, 3.05) is 26.2 Å². The van der Waals surface area contributed by atoms with Gasteiger partial charge in [0, 0.05) is 51.5 Å². The predicted octanol–water partition coefficient (Wildman–Crippen LogP) is 2.14. The fraction of sp³-hybridized carbons (Fsp3) is 0.474. The van der Waals surface area contributed by atoms with E-state index in [1.54, 1.807) is 16.8 Å². The van der Waals surface area contributed by atoms with E-state index in [2.05, 4.69) is 10.00 Å². The quantitative estimate of drug-likeness (QED) is 0.853. The first-order valence-electron chi connectivity index (χ1n) is 8.74. The highest BCUT2D eigenvalue weighted by Crippen LogP contribution is 2.14. The Morgan fingerprint density at radius 1 is 1.24 bits per heavy atom. The number of carbonyl (C=O) groups is 1. The van der Waals surface area contributed by atoms with Crippen LogP contribution < -0.4 is 0 Å². The molecule has 0 atom stereocenters. The highest BCUT2D eigenvalue weighted by molar-refractivity contribution is 5.79. The van der Waals surface area contributed by atoms with Gasteiger partial charge in [-0.15, -0.1) is 0 Å². The molecule has 2 heterocycles. The van der Waals surface area contributed by atoms with Crippen LogP contribution in [0.4, 0.5) is 4.39 Å². The molecule has 1 aromatic heterocycles. The van der Waals surface area contributed by atoms with E-state index in [0.717, 1.165) is 38.2 Å². The van der Waals surface area contributed by atoms with Crippen molar-refractivity contribution >= 4 is 5.91 Å². The lowest BCUT2D eigenvalue weighted by atomic mass is 10.1. The van der Waals surface area contributed by atoms with Gasteiger partial charge in [-0.25, -0.2) is 4.39 Å². The number of benzene rings is 1. The number of carbonyl (C=O) groups excluding carboxylic acids is 1. The minimum absolute atomic E-state index is 0.00716. The van der Waals surface area contributed by atoms with Crippen LogP contribution in [-0.4, -0.2) is 51.7 Å². The number of hydrogen-bond donors (Lipinski definition) is 0. The second kappa shape index (κ2) is 7.78. The molecule has 0 unspecified atom stereocenters. The van der Waals surface area contributed by atoms with Gasteiger partial charge in [0.1, 0.15) is 5.82 Å². The zero-order valence-electron chi connectivity index (χ0n) is 14.9. The molecule has 2 aromatic rings. The Kier molecular flexibility index (Phi) is 5.48. The van der Waals surface area contributed by atoms with E-state index >= 15 is 0 Å². The third-order valence-corrected chi connectivity index (χ3v) is 4.65. The van der Waals surface area contributed by atoms with E-state index in [4.69, 9.17) is 0 Å². The molecule has 0 saturated carbocycles. The molecule has 0 N–H and O–H groups in total. The predicted molar refractivity (Wildman–Crippen MR) is 94.5 cm³/mol. The molecular formula is C19H25FN4O. The second-order valence-corrected chi connectivity index (χ2v) is 6.80. The number of halogens is 1. The Balaban J connectivity index is 1.56. The highest BCUT2D eigenvalue weighted by Gasteiger charge is 2.20. The number of rotatable bonds is 4. The molecule has 6 heteroatoms. The van der Waals surface area contributed by atoms with Gasteiger partial charge in [-0.05, 0) is 25.0 Å². The van der Waals surface area contributed by atoms with Crippen molar-refractivity contribution in [3.8, 4) is 0 Å². The van der Waals surface area contributed by atoms with Crippen molar-refractivity contribution in [2.24, 2.45) is 7.05 Å². The Labute approximate surface area is 148 Å². The van der Waals surface area contributed by atoms with Gasteiger partial charge in [0.05, 0.1) is 12.6 Å². The van der Waals surface area contributed by atoms with Crippen LogP contribution in [0.15, 0.2) is 30.6 Å². The summed E-state index contributed by atoms with van der Waals surface area (Å²) in [6.45, 7) is 5.97. The van der Waals surface area contributed by atoms with Gasteiger partial charge in [0.25, 0.3) is 0 Å². The minimum Gasteiger partial charge on any atom is -0.341 e. The number of aryl methyl sites for hydroxylation is 2. The van der Waals surface area contributed by atoms with E-state index in [-0.39, 0.29) is 18.1 Å². The van der Waals surface area contributed by atoms with Gasteiger partial charge in [-0.3, -0.25) is 14.4 Å². The third-order valence-electron chi connectivity index (χ3n) is 4.65. The first-order valence-corrected chi connectivity index (χ1v) is 8.74. The molecule has 3 rings (SSSR count). The monoisotopic (exact) mass is 344 g/mol. The van der Waals surface area contributed by atoms with Crippen molar-refractivity contribution in [3.05, 3.63) is 53.1 Å². The van der Waals surface area contributed by atoms with E-state index in [0.29, 0.717) is 12.1 Å². The van der Waals surface area contributed by atoms with E-state index in [1.165, 1.54) is 11.6 Å². The molecular weight excluding hydrogens is 319 g/mol. The second-order valence-electron chi connectivity index (χ2n) is 6.80. The van der Waals surface area contributed by atoms with Crippen LogP contribution in [0.3, 0.4) is 0 Å². The Bertz CT molecular complexity index is 743. The zero-order chi connectivity index (χ0) is 17.8. The smallest absolute Gasteiger partial charge is 0.227 e. The SMILES string of the molecule is Cc1ccc(F)c(CC(=O)N2CCCN(Cc3cnn(C)c3)CC2)c1. The first-order chi connectivity index (χ1) is 12.0. The van der Waals surface area contributed by atoms with Crippen LogP contribution in [0.2, 0.25) is 0 Å². The summed E-state index contributed by atoms with van der Waals surface area (Å²) < 4.78 is 15.7. The van der Waals surface area contributed by atoms with Crippen LogP contribution in [0, 0.1) is 12.7 Å². The number of hydrogen-bond acceptors (Lipinski definition) is 3. The molecule has 1 saturated heterocycles. The van der Waals surface area contributed by atoms with Crippen molar-refractivity contribution in [1.29, 1.82) is 0 Å². The van der Waals surface area contributed by atoms with Gasteiger partial charge in [-0.2, -0.15) is 5.10 Å². The summed E-state index contributed by atoms with van der Waals surface area (Å²) in [5.41, 5.74) is 2.65. The van der Waals surface area contributed by atoms with Crippen LogP contribution in [0.5, 0.6) is 0 Å². The normalized spacial score (nSPS) is 16.0. The molecule has 1 aliphatic rings. The van der Waals surface area contributed by atoms with Gasteiger partial charge < -0.3 is 4.90 Å². The lowest BCUT2D eigenvalue weighted by Gasteiger charge is -2.22. The van der Waals surface area contributed by atoms with Gasteiger partial charge in [0.15, 0.2) is 0 Å². The molecule has 1 aromatic carbocycles. The Morgan fingerprint density at radius 3 is 2.84 bits per heavy atom. The molecule has 5 nitrogen and oxygen atoms in total. The summed E-state index contributed by atoms with van der Waals surface area (Å²) in [4.78, 5) is 16.8. The minimum atomic E-state index is -0.299. The molecule has 0 spiro atoms. The van der Waals surface area contributed by atoms with Gasteiger partial charge in [-0.1, -0.05) is 17.7 Å². The lowest BCUT2D eigenvalue weighted by molar-refractivity contribution is -0.130.